The normalized spacial score (nSPS) is 17.2. The van der Waals surface area contributed by atoms with Crippen molar-refractivity contribution in [1.29, 1.82) is 0 Å². The van der Waals surface area contributed by atoms with Crippen LogP contribution in [-0.2, 0) is 15.0 Å². The Bertz CT molecular complexity index is 1390. The third kappa shape index (κ3) is 3.46. The van der Waals surface area contributed by atoms with Crippen LogP contribution in [0.1, 0.15) is 64.6 Å². The average molecular weight is 464 g/mol. The van der Waals surface area contributed by atoms with Crippen molar-refractivity contribution in [2.75, 3.05) is 4.90 Å². The number of hydrogen-bond acceptors (Lipinski definition) is 4. The fourth-order valence-electron chi connectivity index (χ4n) is 4.94. The predicted octanol–water partition coefficient (Wildman–Crippen LogP) is 5.48. The predicted molar refractivity (Wildman–Crippen MR) is 135 cm³/mol. The van der Waals surface area contributed by atoms with Crippen LogP contribution in [0.25, 0.3) is 12.2 Å². The number of hydrogen-bond donors (Lipinski definition) is 0. The van der Waals surface area contributed by atoms with Gasteiger partial charge in [0.2, 0.25) is 5.91 Å². The quantitative estimate of drug-likeness (QED) is 0.293. The van der Waals surface area contributed by atoms with Crippen molar-refractivity contribution in [3.63, 3.8) is 0 Å². The van der Waals surface area contributed by atoms with Crippen molar-refractivity contribution in [2.24, 2.45) is 5.41 Å². The van der Waals surface area contributed by atoms with Crippen LogP contribution in [0.2, 0.25) is 0 Å². The van der Waals surface area contributed by atoms with Crippen LogP contribution in [-0.4, -0.2) is 23.4 Å². The molecule has 5 rings (SSSR count). The van der Waals surface area contributed by atoms with Gasteiger partial charge in [-0.25, -0.2) is 4.90 Å². The minimum atomic E-state index is -2.00. The van der Waals surface area contributed by atoms with Crippen LogP contribution in [0.4, 0.5) is 5.69 Å². The molecule has 0 saturated carbocycles. The lowest BCUT2D eigenvalue weighted by Crippen LogP contribution is -2.43. The first kappa shape index (κ1) is 22.7. The van der Waals surface area contributed by atoms with Crippen molar-refractivity contribution in [1.82, 2.24) is 0 Å². The molecule has 1 heterocycles. The number of fused-ring (bicyclic) bond motifs is 1. The van der Waals surface area contributed by atoms with Gasteiger partial charge < -0.3 is 0 Å². The Morgan fingerprint density at radius 1 is 0.743 bits per heavy atom. The van der Waals surface area contributed by atoms with Gasteiger partial charge in [-0.1, -0.05) is 93.6 Å². The molecule has 1 aliphatic carbocycles. The number of carbonyl (C=O) groups excluding carboxylic acids is 4. The van der Waals surface area contributed by atoms with Crippen molar-refractivity contribution < 1.29 is 19.2 Å². The number of anilines is 1. The molecule has 35 heavy (non-hydrogen) atoms. The lowest BCUT2D eigenvalue weighted by atomic mass is 9.80. The summed E-state index contributed by atoms with van der Waals surface area (Å²) in [5, 5.41) is 0. The van der Waals surface area contributed by atoms with Gasteiger partial charge in [0.15, 0.2) is 17.0 Å². The molecule has 1 fully saturated rings. The minimum absolute atomic E-state index is 0.206. The number of amides is 2. The van der Waals surface area contributed by atoms with E-state index in [2.05, 4.69) is 0 Å². The highest BCUT2D eigenvalue weighted by molar-refractivity contribution is 6.47. The van der Waals surface area contributed by atoms with Crippen molar-refractivity contribution in [3.8, 4) is 0 Å². The Labute approximate surface area is 204 Å². The van der Waals surface area contributed by atoms with Crippen LogP contribution in [0, 0.1) is 5.41 Å². The fraction of sp³-hybridized carbons (Fsp3) is 0.200. The molecule has 0 atom stereocenters. The second-order valence-electron chi connectivity index (χ2n) is 10.1. The molecule has 0 aromatic heterocycles. The molecule has 174 valence electrons. The molecular weight excluding hydrogens is 438 g/mol. The molecule has 0 radical (unpaired) electrons. The number of nitrogens with zero attached hydrogens (tertiary/aromatic N) is 1. The summed E-state index contributed by atoms with van der Waals surface area (Å²) >= 11 is 0. The maximum absolute atomic E-state index is 13.8. The number of Topliss-reactive ketones (excluding diaryl/α,β-unsaturated/α-hetero) is 2. The topological polar surface area (TPSA) is 71.5 Å². The van der Waals surface area contributed by atoms with Crippen LogP contribution in [0.15, 0.2) is 72.8 Å². The fourth-order valence-corrected chi connectivity index (χ4v) is 4.94. The molecule has 0 N–H and O–H groups in total. The van der Waals surface area contributed by atoms with Crippen molar-refractivity contribution in [3.05, 3.63) is 101 Å². The van der Waals surface area contributed by atoms with Gasteiger partial charge in [-0.2, -0.15) is 0 Å². The van der Waals surface area contributed by atoms with Crippen molar-refractivity contribution >= 4 is 41.2 Å². The monoisotopic (exact) mass is 463 g/mol. The smallest absolute Gasteiger partial charge is 0.256 e. The first-order chi connectivity index (χ1) is 16.6. The van der Waals surface area contributed by atoms with E-state index in [-0.39, 0.29) is 11.1 Å². The van der Waals surface area contributed by atoms with Crippen molar-refractivity contribution in [2.45, 2.75) is 32.6 Å². The first-order valence-corrected chi connectivity index (χ1v) is 11.6. The zero-order chi connectivity index (χ0) is 25.0. The van der Waals surface area contributed by atoms with Gasteiger partial charge in [0.25, 0.3) is 5.91 Å². The largest absolute Gasteiger partial charge is 0.292 e. The Morgan fingerprint density at radius 3 is 1.91 bits per heavy atom. The third-order valence-electron chi connectivity index (χ3n) is 6.76. The summed E-state index contributed by atoms with van der Waals surface area (Å²) in [6.45, 7) is 6.00. The van der Waals surface area contributed by atoms with E-state index in [0.717, 1.165) is 21.6 Å². The standard InChI is InChI=1S/C30H25NO4/c1-29(2,3)23-17-20(14-13-19-9-5-4-6-10-19)15-16-24(23)31-25(32)18-30(28(31)35)26(33)21-11-7-8-12-22(21)27(30)34/h4-17H,18H2,1-3H3/b14-13+. The van der Waals surface area contributed by atoms with E-state index < -0.39 is 40.6 Å². The number of imide groups is 1. The summed E-state index contributed by atoms with van der Waals surface area (Å²) in [4.78, 5) is 54.6. The van der Waals surface area contributed by atoms with E-state index in [0.29, 0.717) is 5.69 Å². The SMILES string of the molecule is CC(C)(C)c1cc(/C=C/c2ccccc2)ccc1N1C(=O)CC2(C(=O)c3ccccc3C2=O)C1=O. The summed E-state index contributed by atoms with van der Waals surface area (Å²) in [7, 11) is 0. The first-order valence-electron chi connectivity index (χ1n) is 11.6. The zero-order valence-corrected chi connectivity index (χ0v) is 19.9. The third-order valence-corrected chi connectivity index (χ3v) is 6.76. The van der Waals surface area contributed by atoms with Gasteiger partial charge >= 0.3 is 0 Å². The molecule has 0 bridgehead atoms. The van der Waals surface area contributed by atoms with E-state index in [9.17, 15) is 19.2 Å². The highest BCUT2D eigenvalue weighted by Gasteiger charge is 2.66. The zero-order valence-electron chi connectivity index (χ0n) is 19.9. The van der Waals surface area contributed by atoms with Gasteiger partial charge in [-0.15, -0.1) is 0 Å². The maximum Gasteiger partial charge on any atom is 0.256 e. The second kappa shape index (κ2) is 7.98. The molecule has 5 heteroatoms. The Balaban J connectivity index is 1.57. The van der Waals surface area contributed by atoms with Crippen LogP contribution >= 0.6 is 0 Å². The molecule has 5 nitrogen and oxygen atoms in total. The van der Waals surface area contributed by atoms with Gasteiger partial charge in [-0.3, -0.25) is 19.2 Å². The van der Waals surface area contributed by atoms with Gasteiger partial charge in [0.1, 0.15) is 0 Å². The number of benzene rings is 3. The molecule has 3 aromatic rings. The van der Waals surface area contributed by atoms with E-state index in [4.69, 9.17) is 0 Å². The highest BCUT2D eigenvalue weighted by atomic mass is 16.2. The molecule has 2 aliphatic rings. The number of ketones is 2. The molecule has 1 saturated heterocycles. The second-order valence-corrected chi connectivity index (χ2v) is 10.1. The minimum Gasteiger partial charge on any atom is -0.292 e. The molecule has 0 unspecified atom stereocenters. The molecule has 1 aliphatic heterocycles. The summed E-state index contributed by atoms with van der Waals surface area (Å²) in [5.41, 5.74) is 1.17. The van der Waals surface area contributed by atoms with Crippen LogP contribution in [0.3, 0.4) is 0 Å². The molecule has 1 spiro atoms. The Kier molecular flexibility index (Phi) is 5.17. The van der Waals surface area contributed by atoms with Gasteiger partial charge in [-0.05, 0) is 34.2 Å². The Morgan fingerprint density at radius 2 is 1.31 bits per heavy atom. The summed E-state index contributed by atoms with van der Waals surface area (Å²) < 4.78 is 0. The maximum atomic E-state index is 13.8. The lowest BCUT2D eigenvalue weighted by molar-refractivity contribution is -0.122. The van der Waals surface area contributed by atoms with Gasteiger partial charge in [0.05, 0.1) is 12.1 Å². The Hall–Kier alpha value is -4.12. The molecular formula is C30H25NO4. The molecule has 2 amide bonds. The van der Waals surface area contributed by atoms with E-state index in [1.54, 1.807) is 30.3 Å². The number of rotatable bonds is 3. The summed E-state index contributed by atoms with van der Waals surface area (Å²) in [6.07, 6.45) is 3.53. The number of carbonyl (C=O) groups is 4. The van der Waals surface area contributed by atoms with Gasteiger partial charge in [0, 0.05) is 11.1 Å². The highest BCUT2D eigenvalue weighted by Crippen LogP contribution is 2.47. The lowest BCUT2D eigenvalue weighted by Gasteiger charge is -2.28. The van der Waals surface area contributed by atoms with Crippen LogP contribution in [0.5, 0.6) is 0 Å². The molecule has 3 aromatic carbocycles. The van der Waals surface area contributed by atoms with E-state index >= 15 is 0 Å². The van der Waals surface area contributed by atoms with Crippen LogP contribution < -0.4 is 4.90 Å². The summed E-state index contributed by atoms with van der Waals surface area (Å²) in [5.74, 6) is -2.47. The van der Waals surface area contributed by atoms with E-state index in [1.165, 1.54) is 0 Å². The van der Waals surface area contributed by atoms with E-state index in [1.807, 2.05) is 75.4 Å². The average Bonchev–Trinajstić information content (AvgIpc) is 3.23. The summed E-state index contributed by atoms with van der Waals surface area (Å²) in [6, 6.07) is 21.8.